The summed E-state index contributed by atoms with van der Waals surface area (Å²) >= 11 is 5.76. The molecule has 0 fully saturated rings. The molecule has 3 aromatic carbocycles. The highest BCUT2D eigenvalue weighted by Crippen LogP contribution is 2.24. The van der Waals surface area contributed by atoms with Crippen LogP contribution in [0, 0.1) is 10.1 Å². The lowest BCUT2D eigenvalue weighted by atomic mass is 10.1. The van der Waals surface area contributed by atoms with E-state index >= 15 is 0 Å². The fourth-order valence-corrected chi connectivity index (χ4v) is 2.70. The van der Waals surface area contributed by atoms with Gasteiger partial charge in [-0.15, -0.1) is 0 Å². The first-order valence-electron chi connectivity index (χ1n) is 8.36. The minimum Gasteiger partial charge on any atom is -0.481 e. The summed E-state index contributed by atoms with van der Waals surface area (Å²) in [6, 6.07) is 17.6. The first-order valence-corrected chi connectivity index (χ1v) is 8.74. The Balaban J connectivity index is 1.61. The van der Waals surface area contributed by atoms with Gasteiger partial charge in [-0.1, -0.05) is 48.0 Å². The van der Waals surface area contributed by atoms with Crippen molar-refractivity contribution in [3.05, 3.63) is 81.4 Å². The number of hydrogen-bond donors (Lipinski definition) is 1. The minimum absolute atomic E-state index is 0.0311. The van der Waals surface area contributed by atoms with Gasteiger partial charge in [0.1, 0.15) is 10.8 Å². The summed E-state index contributed by atoms with van der Waals surface area (Å²) in [7, 11) is 0. The molecule has 3 rings (SSSR count). The Morgan fingerprint density at radius 1 is 1.18 bits per heavy atom. The molecule has 1 atom stereocenters. The van der Waals surface area contributed by atoms with E-state index in [9.17, 15) is 14.9 Å². The van der Waals surface area contributed by atoms with Crippen LogP contribution in [-0.2, 0) is 4.79 Å². The number of nitrogens with one attached hydrogen (secondary N) is 1. The van der Waals surface area contributed by atoms with Crippen LogP contribution in [-0.4, -0.2) is 23.1 Å². The fraction of sp³-hybridized carbons (Fsp3) is 0.100. The topological polar surface area (TPSA) is 93.8 Å². The molecule has 0 heterocycles. The molecule has 0 spiro atoms. The van der Waals surface area contributed by atoms with Crippen LogP contribution in [0.25, 0.3) is 10.8 Å². The number of nitrogens with zero attached hydrogens (tertiary/aromatic N) is 2. The quantitative estimate of drug-likeness (QED) is 0.380. The van der Waals surface area contributed by atoms with Gasteiger partial charge >= 0.3 is 0 Å². The smallest absolute Gasteiger partial charge is 0.288 e. The SMILES string of the molecule is CC(Oc1ccc2ccccc2c1)C(=O)N/N=C/c1ccc(Cl)c([N+](=O)[O-])c1. The van der Waals surface area contributed by atoms with Crippen molar-refractivity contribution in [2.75, 3.05) is 0 Å². The standard InChI is InChI=1S/C20H16ClN3O4/c1-13(28-17-8-7-15-4-2-3-5-16(15)11-17)20(25)23-22-12-14-6-9-18(21)19(10-14)24(26)27/h2-13H,1H3,(H,23,25)/b22-12+. The van der Waals surface area contributed by atoms with Gasteiger partial charge < -0.3 is 4.74 Å². The predicted molar refractivity (Wildman–Crippen MR) is 108 cm³/mol. The number of rotatable bonds is 6. The van der Waals surface area contributed by atoms with Gasteiger partial charge in [0.05, 0.1) is 11.1 Å². The molecule has 0 aromatic heterocycles. The van der Waals surface area contributed by atoms with Crippen LogP contribution in [0.1, 0.15) is 12.5 Å². The lowest BCUT2D eigenvalue weighted by molar-refractivity contribution is -0.384. The highest BCUT2D eigenvalue weighted by Gasteiger charge is 2.15. The molecule has 28 heavy (non-hydrogen) atoms. The van der Waals surface area contributed by atoms with E-state index in [1.807, 2.05) is 36.4 Å². The second kappa shape index (κ2) is 8.49. The third kappa shape index (κ3) is 4.63. The first-order chi connectivity index (χ1) is 13.4. The lowest BCUT2D eigenvalue weighted by Gasteiger charge is -2.13. The van der Waals surface area contributed by atoms with E-state index in [2.05, 4.69) is 10.5 Å². The highest BCUT2D eigenvalue weighted by molar-refractivity contribution is 6.32. The van der Waals surface area contributed by atoms with Gasteiger partial charge in [-0.05, 0) is 35.9 Å². The highest BCUT2D eigenvalue weighted by atomic mass is 35.5. The van der Waals surface area contributed by atoms with Crippen molar-refractivity contribution in [1.82, 2.24) is 5.43 Å². The molecule has 1 unspecified atom stereocenters. The fourth-order valence-electron chi connectivity index (χ4n) is 2.51. The van der Waals surface area contributed by atoms with Crippen molar-refractivity contribution in [1.29, 1.82) is 0 Å². The molecule has 0 saturated heterocycles. The molecular formula is C20H16ClN3O4. The van der Waals surface area contributed by atoms with Gasteiger partial charge in [0, 0.05) is 11.6 Å². The van der Waals surface area contributed by atoms with Gasteiger partial charge in [0.25, 0.3) is 11.6 Å². The second-order valence-electron chi connectivity index (χ2n) is 5.97. The minimum atomic E-state index is -0.780. The Morgan fingerprint density at radius 3 is 2.68 bits per heavy atom. The van der Waals surface area contributed by atoms with Gasteiger partial charge in [-0.25, -0.2) is 5.43 Å². The van der Waals surface area contributed by atoms with E-state index in [1.54, 1.807) is 19.1 Å². The Morgan fingerprint density at radius 2 is 1.93 bits per heavy atom. The van der Waals surface area contributed by atoms with Gasteiger partial charge in [-0.2, -0.15) is 5.10 Å². The Bertz CT molecular complexity index is 1070. The summed E-state index contributed by atoms with van der Waals surface area (Å²) in [5.74, 6) is 0.117. The van der Waals surface area contributed by atoms with E-state index in [0.29, 0.717) is 11.3 Å². The zero-order chi connectivity index (χ0) is 20.1. The van der Waals surface area contributed by atoms with Crippen molar-refractivity contribution in [3.8, 4) is 5.75 Å². The van der Waals surface area contributed by atoms with Crippen LogP contribution in [0.15, 0.2) is 65.8 Å². The molecular weight excluding hydrogens is 382 g/mol. The number of hydrazone groups is 1. The molecule has 3 aromatic rings. The normalized spacial score (nSPS) is 12.1. The summed E-state index contributed by atoms with van der Waals surface area (Å²) in [5, 5.41) is 16.8. The number of ether oxygens (including phenoxy) is 1. The predicted octanol–water partition coefficient (Wildman–Crippen LogP) is 4.32. The number of hydrogen-bond acceptors (Lipinski definition) is 5. The zero-order valence-electron chi connectivity index (χ0n) is 14.8. The van der Waals surface area contributed by atoms with E-state index in [0.717, 1.165) is 10.8 Å². The summed E-state index contributed by atoms with van der Waals surface area (Å²) in [5.41, 5.74) is 2.55. The largest absolute Gasteiger partial charge is 0.481 e. The molecule has 0 bridgehead atoms. The summed E-state index contributed by atoms with van der Waals surface area (Å²) in [6.07, 6.45) is 0.516. The first kappa shape index (κ1) is 19.3. The van der Waals surface area contributed by atoms with Crippen LogP contribution in [0.3, 0.4) is 0 Å². The molecule has 0 aliphatic rings. The monoisotopic (exact) mass is 397 g/mol. The average molecular weight is 398 g/mol. The van der Waals surface area contributed by atoms with E-state index in [-0.39, 0.29) is 10.7 Å². The maximum absolute atomic E-state index is 12.2. The van der Waals surface area contributed by atoms with Crippen LogP contribution >= 0.6 is 11.6 Å². The van der Waals surface area contributed by atoms with Gasteiger partial charge in [0.15, 0.2) is 6.10 Å². The number of carbonyl (C=O) groups is 1. The Kier molecular flexibility index (Phi) is 5.86. The third-order valence-electron chi connectivity index (χ3n) is 3.96. The summed E-state index contributed by atoms with van der Waals surface area (Å²) in [6.45, 7) is 1.60. The molecule has 1 amide bonds. The van der Waals surface area contributed by atoms with Crippen molar-refractivity contribution >= 4 is 40.2 Å². The van der Waals surface area contributed by atoms with E-state index in [1.165, 1.54) is 18.3 Å². The third-order valence-corrected chi connectivity index (χ3v) is 4.28. The number of halogens is 1. The van der Waals surface area contributed by atoms with Crippen LogP contribution in [0.5, 0.6) is 5.75 Å². The average Bonchev–Trinajstić information content (AvgIpc) is 2.68. The number of nitro benzene ring substituents is 1. The van der Waals surface area contributed by atoms with Crippen LogP contribution < -0.4 is 10.2 Å². The maximum Gasteiger partial charge on any atom is 0.288 e. The van der Waals surface area contributed by atoms with Crippen LogP contribution in [0.4, 0.5) is 5.69 Å². The van der Waals surface area contributed by atoms with E-state index < -0.39 is 16.9 Å². The number of fused-ring (bicyclic) bond motifs is 1. The zero-order valence-corrected chi connectivity index (χ0v) is 15.6. The van der Waals surface area contributed by atoms with Crippen molar-refractivity contribution < 1.29 is 14.5 Å². The molecule has 142 valence electrons. The molecule has 0 radical (unpaired) electrons. The van der Waals surface area contributed by atoms with Crippen molar-refractivity contribution in [2.24, 2.45) is 5.10 Å². The Hall–Kier alpha value is -3.45. The second-order valence-corrected chi connectivity index (χ2v) is 6.38. The molecule has 0 aliphatic heterocycles. The number of carbonyl (C=O) groups excluding carboxylic acids is 1. The molecule has 7 nitrogen and oxygen atoms in total. The molecule has 0 saturated carbocycles. The molecule has 1 N–H and O–H groups in total. The number of benzene rings is 3. The Labute approximate surface area is 165 Å². The van der Waals surface area contributed by atoms with Crippen molar-refractivity contribution in [3.63, 3.8) is 0 Å². The van der Waals surface area contributed by atoms with Crippen LogP contribution in [0.2, 0.25) is 5.02 Å². The summed E-state index contributed by atoms with van der Waals surface area (Å²) < 4.78 is 5.66. The summed E-state index contributed by atoms with van der Waals surface area (Å²) in [4.78, 5) is 22.5. The molecule has 0 aliphatic carbocycles. The lowest BCUT2D eigenvalue weighted by Crippen LogP contribution is -2.33. The number of nitro groups is 1. The van der Waals surface area contributed by atoms with Gasteiger partial charge in [-0.3, -0.25) is 14.9 Å². The molecule has 8 heteroatoms. The van der Waals surface area contributed by atoms with Crippen molar-refractivity contribution in [2.45, 2.75) is 13.0 Å². The van der Waals surface area contributed by atoms with Gasteiger partial charge in [0.2, 0.25) is 0 Å². The number of amides is 1. The maximum atomic E-state index is 12.2. The van der Waals surface area contributed by atoms with E-state index in [4.69, 9.17) is 16.3 Å².